The molecule has 0 fully saturated rings. The maximum absolute atomic E-state index is 14.9. The molecule has 0 heterocycles. The summed E-state index contributed by atoms with van der Waals surface area (Å²) in [7, 11) is 0. The summed E-state index contributed by atoms with van der Waals surface area (Å²) in [6, 6.07) is 11.0. The maximum atomic E-state index is 14.9. The van der Waals surface area contributed by atoms with Gasteiger partial charge in [0.05, 0.1) is 0 Å². The Bertz CT molecular complexity index is 899. The van der Waals surface area contributed by atoms with Crippen LogP contribution in [0.25, 0.3) is 16.7 Å². The molecule has 0 unspecified atom stereocenters. The molecule has 0 radical (unpaired) electrons. The SMILES string of the molecule is C=CCC/C(C)=C/C=C(\CC)c1ccc(-c2ccc(CCC=C)cc2)c(F)c1F. The van der Waals surface area contributed by atoms with E-state index in [2.05, 4.69) is 13.2 Å². The van der Waals surface area contributed by atoms with Crippen LogP contribution in [0, 0.1) is 11.6 Å². The molecule has 0 aromatic heterocycles. The van der Waals surface area contributed by atoms with Crippen molar-refractivity contribution in [2.24, 2.45) is 0 Å². The molecule has 0 aliphatic rings. The van der Waals surface area contributed by atoms with Gasteiger partial charge in [-0.05, 0) is 55.7 Å². The Hall–Kier alpha value is -2.74. The van der Waals surface area contributed by atoms with E-state index in [1.165, 1.54) is 5.57 Å². The summed E-state index contributed by atoms with van der Waals surface area (Å²) in [6.07, 6.45) is 11.9. The normalized spacial score (nSPS) is 12.1. The third-order valence-corrected chi connectivity index (χ3v) is 5.02. The molecule has 2 aromatic rings. The highest BCUT2D eigenvalue weighted by molar-refractivity contribution is 5.72. The molecular weight excluding hydrogens is 362 g/mol. The number of hydrogen-bond acceptors (Lipinski definition) is 0. The summed E-state index contributed by atoms with van der Waals surface area (Å²) in [6.45, 7) is 11.4. The first-order chi connectivity index (χ1) is 14.0. The lowest BCUT2D eigenvalue weighted by molar-refractivity contribution is 0.508. The quantitative estimate of drug-likeness (QED) is 0.281. The van der Waals surface area contributed by atoms with Crippen molar-refractivity contribution >= 4 is 5.57 Å². The second kappa shape index (κ2) is 11.3. The van der Waals surface area contributed by atoms with Crippen LogP contribution in [0.3, 0.4) is 0 Å². The van der Waals surface area contributed by atoms with Crippen molar-refractivity contribution in [3.05, 3.63) is 102 Å². The van der Waals surface area contributed by atoms with Crippen LogP contribution >= 0.6 is 0 Å². The molecule has 0 N–H and O–H groups in total. The molecule has 29 heavy (non-hydrogen) atoms. The number of hydrogen-bond donors (Lipinski definition) is 0. The fraction of sp³-hybridized carbons (Fsp3) is 0.259. The van der Waals surface area contributed by atoms with E-state index in [-0.39, 0.29) is 5.56 Å². The van der Waals surface area contributed by atoms with Gasteiger partial charge in [-0.25, -0.2) is 8.78 Å². The largest absolute Gasteiger partial charge is 0.203 e. The van der Waals surface area contributed by atoms with Gasteiger partial charge in [0.15, 0.2) is 11.6 Å². The molecule has 0 bridgehead atoms. The third-order valence-electron chi connectivity index (χ3n) is 5.02. The van der Waals surface area contributed by atoms with Crippen molar-refractivity contribution in [2.45, 2.75) is 46.0 Å². The van der Waals surface area contributed by atoms with E-state index in [1.54, 1.807) is 12.1 Å². The van der Waals surface area contributed by atoms with Crippen LogP contribution in [0.5, 0.6) is 0 Å². The summed E-state index contributed by atoms with van der Waals surface area (Å²) in [5, 5.41) is 0. The first-order valence-electron chi connectivity index (χ1n) is 10.2. The van der Waals surface area contributed by atoms with E-state index in [4.69, 9.17) is 0 Å². The topological polar surface area (TPSA) is 0 Å². The molecule has 0 saturated heterocycles. The first-order valence-corrected chi connectivity index (χ1v) is 10.2. The Morgan fingerprint density at radius 2 is 1.59 bits per heavy atom. The van der Waals surface area contributed by atoms with Gasteiger partial charge in [-0.1, -0.05) is 73.2 Å². The van der Waals surface area contributed by atoms with Gasteiger partial charge in [-0.15, -0.1) is 13.2 Å². The molecule has 0 nitrogen and oxygen atoms in total. The molecule has 0 atom stereocenters. The summed E-state index contributed by atoms with van der Waals surface area (Å²) in [5.74, 6) is -1.59. The maximum Gasteiger partial charge on any atom is 0.167 e. The van der Waals surface area contributed by atoms with Crippen molar-refractivity contribution in [3.8, 4) is 11.1 Å². The lowest BCUT2D eigenvalue weighted by Gasteiger charge is -2.11. The molecular formula is C27H30F2. The lowest BCUT2D eigenvalue weighted by atomic mass is 9.96. The molecule has 0 saturated carbocycles. The zero-order valence-corrected chi connectivity index (χ0v) is 17.5. The van der Waals surface area contributed by atoms with Crippen LogP contribution in [-0.4, -0.2) is 0 Å². The highest BCUT2D eigenvalue weighted by Gasteiger charge is 2.16. The van der Waals surface area contributed by atoms with E-state index >= 15 is 0 Å². The van der Waals surface area contributed by atoms with Crippen LogP contribution in [-0.2, 0) is 6.42 Å². The first kappa shape index (κ1) is 22.5. The van der Waals surface area contributed by atoms with Crippen molar-refractivity contribution < 1.29 is 8.78 Å². The summed E-state index contributed by atoms with van der Waals surface area (Å²) < 4.78 is 29.8. The highest BCUT2D eigenvalue weighted by Crippen LogP contribution is 2.31. The van der Waals surface area contributed by atoms with Crippen molar-refractivity contribution in [1.29, 1.82) is 0 Å². The van der Waals surface area contributed by atoms with Gasteiger partial charge in [-0.2, -0.15) is 0 Å². The van der Waals surface area contributed by atoms with E-state index < -0.39 is 11.6 Å². The standard InChI is InChI=1S/C27H30F2/c1-5-8-10-20(4)12-15-22(7-3)24-18-19-25(27(29)26(24)28)23-16-13-21(14-17-23)11-9-6-2/h5-6,12-19H,1-2,7-11H2,3-4H3/b20-12+,22-15+. The minimum atomic E-state index is -0.798. The smallest absolute Gasteiger partial charge is 0.167 e. The minimum absolute atomic E-state index is 0.287. The molecule has 0 spiro atoms. The molecule has 0 amide bonds. The Labute approximate surface area is 174 Å². The lowest BCUT2D eigenvalue weighted by Crippen LogP contribution is -1.97. The Morgan fingerprint density at radius 3 is 2.21 bits per heavy atom. The van der Waals surface area contributed by atoms with Crippen LogP contribution in [0.15, 0.2) is 79.4 Å². The Kier molecular flexibility index (Phi) is 8.79. The fourth-order valence-electron chi connectivity index (χ4n) is 3.19. The van der Waals surface area contributed by atoms with E-state index in [9.17, 15) is 8.78 Å². The Balaban J connectivity index is 2.32. The second-order valence-electron chi connectivity index (χ2n) is 7.20. The average Bonchev–Trinajstić information content (AvgIpc) is 2.74. The van der Waals surface area contributed by atoms with E-state index in [0.717, 1.165) is 36.8 Å². The van der Waals surface area contributed by atoms with E-state index in [1.807, 2.05) is 62.4 Å². The van der Waals surface area contributed by atoms with Crippen molar-refractivity contribution in [2.75, 3.05) is 0 Å². The van der Waals surface area contributed by atoms with Gasteiger partial charge in [0.1, 0.15) is 0 Å². The van der Waals surface area contributed by atoms with Crippen molar-refractivity contribution in [3.63, 3.8) is 0 Å². The summed E-state index contributed by atoms with van der Waals surface area (Å²) >= 11 is 0. The van der Waals surface area contributed by atoms with Gasteiger partial charge in [-0.3, -0.25) is 0 Å². The number of allylic oxidation sites excluding steroid dienone is 6. The average molecular weight is 393 g/mol. The Morgan fingerprint density at radius 1 is 0.897 bits per heavy atom. The van der Waals surface area contributed by atoms with E-state index in [0.29, 0.717) is 17.5 Å². The number of benzene rings is 2. The van der Waals surface area contributed by atoms with Gasteiger partial charge in [0.2, 0.25) is 0 Å². The van der Waals surface area contributed by atoms with Gasteiger partial charge < -0.3 is 0 Å². The van der Waals surface area contributed by atoms with Crippen LogP contribution in [0.4, 0.5) is 8.78 Å². The van der Waals surface area contributed by atoms with Gasteiger partial charge in [0, 0.05) is 11.1 Å². The molecule has 2 aromatic carbocycles. The zero-order chi connectivity index (χ0) is 21.2. The number of rotatable bonds is 10. The van der Waals surface area contributed by atoms with Crippen LogP contribution in [0.1, 0.15) is 50.7 Å². The zero-order valence-electron chi connectivity index (χ0n) is 17.5. The molecule has 2 heteroatoms. The highest BCUT2D eigenvalue weighted by atomic mass is 19.2. The summed E-state index contributed by atoms with van der Waals surface area (Å²) in [4.78, 5) is 0. The summed E-state index contributed by atoms with van der Waals surface area (Å²) in [5.41, 5.74) is 4.41. The van der Waals surface area contributed by atoms with Crippen molar-refractivity contribution in [1.82, 2.24) is 0 Å². The molecule has 0 aliphatic carbocycles. The monoisotopic (exact) mass is 392 g/mol. The third kappa shape index (κ3) is 6.12. The van der Waals surface area contributed by atoms with Crippen LogP contribution < -0.4 is 0 Å². The molecule has 2 rings (SSSR count). The predicted molar refractivity (Wildman–Crippen MR) is 122 cm³/mol. The van der Waals surface area contributed by atoms with Gasteiger partial charge >= 0.3 is 0 Å². The fourth-order valence-corrected chi connectivity index (χ4v) is 3.19. The second-order valence-corrected chi connectivity index (χ2v) is 7.20. The number of aryl methyl sites for hydroxylation is 1. The van der Waals surface area contributed by atoms with Gasteiger partial charge in [0.25, 0.3) is 0 Å². The minimum Gasteiger partial charge on any atom is -0.203 e. The predicted octanol–water partition coefficient (Wildman–Crippen LogP) is 8.46. The molecule has 152 valence electrons. The molecule has 0 aliphatic heterocycles. The number of halogens is 2. The van der Waals surface area contributed by atoms with Crippen LogP contribution in [0.2, 0.25) is 0 Å².